The summed E-state index contributed by atoms with van der Waals surface area (Å²) < 4.78 is 69.3. The summed E-state index contributed by atoms with van der Waals surface area (Å²) in [7, 11) is 0. The van der Waals surface area contributed by atoms with Crippen LogP contribution in [0.3, 0.4) is 0 Å². The van der Waals surface area contributed by atoms with Crippen molar-refractivity contribution in [2.45, 2.75) is 6.23 Å². The Morgan fingerprint density at radius 1 is 1.09 bits per heavy atom. The Labute approximate surface area is 119 Å². The lowest BCUT2D eigenvalue weighted by molar-refractivity contribution is -0.144. The van der Waals surface area contributed by atoms with E-state index < -0.39 is 59.5 Å². The molecule has 22 heavy (non-hydrogen) atoms. The Morgan fingerprint density at radius 2 is 1.59 bits per heavy atom. The number of hydrogen-bond acceptors (Lipinski definition) is 4. The lowest BCUT2D eigenvalue weighted by Gasteiger charge is -2.19. The third-order valence-corrected chi connectivity index (χ3v) is 2.70. The van der Waals surface area contributed by atoms with Gasteiger partial charge in [0.15, 0.2) is 0 Å². The van der Waals surface area contributed by atoms with E-state index in [0.29, 0.717) is 4.90 Å². The Morgan fingerprint density at radius 3 is 2.05 bits per heavy atom. The minimum Gasteiger partial charge on any atom is -0.419 e. The van der Waals surface area contributed by atoms with Gasteiger partial charge in [-0.05, 0) is 6.08 Å². The maximum atomic E-state index is 13.3. The number of halogens is 5. The van der Waals surface area contributed by atoms with Crippen molar-refractivity contribution in [3.05, 3.63) is 41.2 Å². The van der Waals surface area contributed by atoms with Crippen LogP contribution in [0.1, 0.15) is 0 Å². The van der Waals surface area contributed by atoms with E-state index in [9.17, 15) is 36.6 Å². The fraction of sp³-hybridized carbons (Fsp3) is 0.167. The van der Waals surface area contributed by atoms with E-state index in [0.717, 1.165) is 12.2 Å². The van der Waals surface area contributed by atoms with Crippen LogP contribution in [-0.2, 0) is 9.59 Å². The fourth-order valence-electron chi connectivity index (χ4n) is 1.63. The molecule has 1 N–H and O–H groups in total. The quantitative estimate of drug-likeness (QED) is 0.296. The van der Waals surface area contributed by atoms with Gasteiger partial charge in [0.25, 0.3) is 0 Å². The largest absolute Gasteiger partial charge is 0.419 e. The van der Waals surface area contributed by atoms with E-state index in [2.05, 4.69) is 4.74 Å². The van der Waals surface area contributed by atoms with Gasteiger partial charge >= 0.3 is 5.97 Å². The summed E-state index contributed by atoms with van der Waals surface area (Å²) in [5.74, 6) is -15.7. The van der Waals surface area contributed by atoms with Gasteiger partial charge in [-0.3, -0.25) is 9.69 Å². The molecule has 0 aliphatic carbocycles. The summed E-state index contributed by atoms with van der Waals surface area (Å²) in [4.78, 5) is 23.2. The summed E-state index contributed by atoms with van der Waals surface area (Å²) in [5, 5.41) is 9.30. The molecule has 1 aromatic rings. The van der Waals surface area contributed by atoms with Gasteiger partial charge in [-0.15, -0.1) is 0 Å². The molecule has 5 nitrogen and oxygen atoms in total. The maximum absolute atomic E-state index is 13.3. The molecule has 1 unspecified atom stereocenters. The van der Waals surface area contributed by atoms with Crippen molar-refractivity contribution in [1.29, 1.82) is 0 Å². The zero-order valence-corrected chi connectivity index (χ0v) is 10.4. The van der Waals surface area contributed by atoms with Crippen molar-refractivity contribution in [2.24, 2.45) is 0 Å². The van der Waals surface area contributed by atoms with Gasteiger partial charge in [0.1, 0.15) is 12.8 Å². The number of hydrogen-bond donors (Lipinski definition) is 1. The number of amides is 1. The monoisotopic (exact) mass is 323 g/mol. The second-order valence-corrected chi connectivity index (χ2v) is 4.11. The van der Waals surface area contributed by atoms with Crippen molar-refractivity contribution in [3.8, 4) is 5.75 Å². The van der Waals surface area contributed by atoms with Gasteiger partial charge < -0.3 is 9.84 Å². The predicted molar refractivity (Wildman–Crippen MR) is 58.7 cm³/mol. The van der Waals surface area contributed by atoms with Gasteiger partial charge in [0, 0.05) is 6.08 Å². The smallest absolute Gasteiger partial charge is 0.331 e. The lowest BCUT2D eigenvalue weighted by atomic mass is 10.2. The summed E-state index contributed by atoms with van der Waals surface area (Å²) in [5.41, 5.74) is 0. The third kappa shape index (κ3) is 2.64. The molecule has 0 saturated heterocycles. The minimum atomic E-state index is -2.40. The van der Waals surface area contributed by atoms with E-state index in [-0.39, 0.29) is 0 Å². The number of benzene rings is 1. The summed E-state index contributed by atoms with van der Waals surface area (Å²) >= 11 is 0. The van der Waals surface area contributed by atoms with E-state index in [1.54, 1.807) is 0 Å². The number of rotatable bonds is 3. The van der Waals surface area contributed by atoms with Crippen molar-refractivity contribution in [3.63, 3.8) is 0 Å². The topological polar surface area (TPSA) is 66.8 Å². The number of carbonyl (C=O) groups is 2. The second-order valence-electron chi connectivity index (χ2n) is 4.11. The Balaban J connectivity index is 2.21. The van der Waals surface area contributed by atoms with Crippen LogP contribution in [-0.4, -0.2) is 34.7 Å². The fourth-order valence-corrected chi connectivity index (χ4v) is 1.63. The molecule has 118 valence electrons. The van der Waals surface area contributed by atoms with E-state index >= 15 is 0 Å². The van der Waals surface area contributed by atoms with Crippen LogP contribution in [0.2, 0.25) is 0 Å². The van der Waals surface area contributed by atoms with E-state index in [4.69, 9.17) is 0 Å². The summed E-state index contributed by atoms with van der Waals surface area (Å²) in [6.07, 6.45) is 0.487. The molecule has 1 aliphatic heterocycles. The number of aliphatic hydroxyl groups excluding tert-OH is 1. The van der Waals surface area contributed by atoms with Crippen LogP contribution < -0.4 is 4.74 Å². The third-order valence-electron chi connectivity index (χ3n) is 2.70. The number of aliphatic hydroxyl groups is 1. The van der Waals surface area contributed by atoms with Crippen LogP contribution >= 0.6 is 0 Å². The van der Waals surface area contributed by atoms with Gasteiger partial charge in [0.05, 0.1) is 0 Å². The molecule has 1 aromatic carbocycles. The number of nitrogens with zero attached hydrogens (tertiary/aromatic N) is 1. The molecule has 1 heterocycles. The standard InChI is InChI=1S/C12H6F5NO4/c13-7-8(14)10(16)12(11(17)9(7)15)22-6(21)3-18-4(19)1-2-5(18)20/h1-2,4,19H,3H2. The van der Waals surface area contributed by atoms with E-state index in [1.807, 2.05) is 0 Å². The van der Waals surface area contributed by atoms with Crippen molar-refractivity contribution >= 4 is 11.9 Å². The first-order chi connectivity index (χ1) is 10.2. The molecule has 0 aromatic heterocycles. The molecule has 1 amide bonds. The lowest BCUT2D eigenvalue weighted by Crippen LogP contribution is -2.39. The Hall–Kier alpha value is -2.49. The van der Waals surface area contributed by atoms with E-state index in [1.165, 1.54) is 0 Å². The Kier molecular flexibility index (Phi) is 4.13. The van der Waals surface area contributed by atoms with Gasteiger partial charge in [-0.1, -0.05) is 0 Å². The molecule has 0 fully saturated rings. The first-order valence-corrected chi connectivity index (χ1v) is 5.63. The van der Waals surface area contributed by atoms with Crippen molar-refractivity contribution in [1.82, 2.24) is 4.90 Å². The van der Waals surface area contributed by atoms with Crippen LogP contribution in [0.25, 0.3) is 0 Å². The minimum absolute atomic E-state index is 0.550. The van der Waals surface area contributed by atoms with Gasteiger partial charge in [-0.2, -0.15) is 8.78 Å². The molecule has 10 heteroatoms. The number of ether oxygens (including phenoxy) is 1. The Bertz CT molecular complexity index is 662. The average Bonchev–Trinajstić information content (AvgIpc) is 2.79. The highest BCUT2D eigenvalue weighted by atomic mass is 19.2. The zero-order chi connectivity index (χ0) is 16.6. The molecule has 0 radical (unpaired) electrons. The summed E-state index contributed by atoms with van der Waals surface area (Å²) in [6, 6.07) is 0. The SMILES string of the molecule is O=C(CN1C(=O)C=CC1O)Oc1c(F)c(F)c(F)c(F)c1F. The zero-order valence-electron chi connectivity index (χ0n) is 10.4. The first kappa shape index (κ1) is 15.9. The van der Waals surface area contributed by atoms with Crippen LogP contribution in [0.4, 0.5) is 22.0 Å². The first-order valence-electron chi connectivity index (χ1n) is 5.63. The molecule has 1 aliphatic rings. The molecule has 0 spiro atoms. The molecular formula is C12H6F5NO4. The highest BCUT2D eigenvalue weighted by molar-refractivity contribution is 5.93. The molecular weight excluding hydrogens is 317 g/mol. The van der Waals surface area contributed by atoms with Gasteiger partial charge in [0.2, 0.25) is 40.7 Å². The predicted octanol–water partition coefficient (Wildman–Crippen LogP) is 1.00. The van der Waals surface area contributed by atoms with Crippen molar-refractivity contribution < 1.29 is 41.4 Å². The van der Waals surface area contributed by atoms with Crippen LogP contribution in [0.15, 0.2) is 12.2 Å². The van der Waals surface area contributed by atoms with Crippen LogP contribution in [0.5, 0.6) is 5.75 Å². The normalized spacial score (nSPS) is 17.3. The molecule has 0 bridgehead atoms. The average molecular weight is 323 g/mol. The maximum Gasteiger partial charge on any atom is 0.331 e. The highest BCUT2D eigenvalue weighted by Gasteiger charge is 2.31. The highest BCUT2D eigenvalue weighted by Crippen LogP contribution is 2.29. The van der Waals surface area contributed by atoms with Gasteiger partial charge in [-0.25, -0.2) is 18.0 Å². The van der Waals surface area contributed by atoms with Crippen LogP contribution in [0, 0.1) is 29.1 Å². The second kappa shape index (κ2) is 5.72. The molecule has 0 saturated carbocycles. The molecule has 2 rings (SSSR count). The van der Waals surface area contributed by atoms with Crippen molar-refractivity contribution in [2.75, 3.05) is 6.54 Å². The molecule has 1 atom stereocenters. The number of carbonyl (C=O) groups excluding carboxylic acids is 2. The summed E-state index contributed by atoms with van der Waals surface area (Å²) in [6.45, 7) is -0.952. The number of esters is 1.